The van der Waals surface area contributed by atoms with Crippen molar-refractivity contribution in [2.24, 2.45) is 23.7 Å². The molecular weight excluding hydrogens is 281 g/mol. The second kappa shape index (κ2) is 6.99. The van der Waals surface area contributed by atoms with Gasteiger partial charge in [-0.05, 0) is 44.2 Å². The Hall–Kier alpha value is -0.780. The number of amides is 1. The lowest BCUT2D eigenvalue weighted by atomic mass is 9.78. The summed E-state index contributed by atoms with van der Waals surface area (Å²) in [7, 11) is 0. The monoisotopic (exact) mass is 306 g/mol. The van der Waals surface area contributed by atoms with Crippen molar-refractivity contribution >= 4 is 5.91 Å². The molecule has 1 saturated heterocycles. The van der Waals surface area contributed by atoms with Crippen LogP contribution in [0, 0.1) is 23.7 Å². The van der Waals surface area contributed by atoms with Crippen LogP contribution < -0.4 is 10.6 Å². The zero-order valence-electron chi connectivity index (χ0n) is 12.5. The molecular formula is C15H25F3N2O. The highest BCUT2D eigenvalue weighted by Crippen LogP contribution is 2.41. The van der Waals surface area contributed by atoms with E-state index in [1.807, 2.05) is 0 Å². The predicted octanol–water partition coefficient (Wildman–Crippen LogP) is 2.72. The molecule has 2 rings (SSSR count). The Morgan fingerprint density at radius 1 is 1.24 bits per heavy atom. The largest absolute Gasteiger partial charge is 0.392 e. The van der Waals surface area contributed by atoms with Crippen LogP contribution in [-0.4, -0.2) is 31.7 Å². The van der Waals surface area contributed by atoms with Crippen molar-refractivity contribution in [3.05, 3.63) is 0 Å². The van der Waals surface area contributed by atoms with Gasteiger partial charge in [-0.15, -0.1) is 0 Å². The van der Waals surface area contributed by atoms with Gasteiger partial charge in [-0.2, -0.15) is 13.2 Å². The lowest BCUT2D eigenvalue weighted by molar-refractivity contribution is -0.198. The number of carbonyl (C=O) groups is 1. The van der Waals surface area contributed by atoms with Gasteiger partial charge in [-0.25, -0.2) is 0 Å². The van der Waals surface area contributed by atoms with E-state index in [-0.39, 0.29) is 6.42 Å². The van der Waals surface area contributed by atoms with Crippen LogP contribution in [0.25, 0.3) is 0 Å². The van der Waals surface area contributed by atoms with Crippen LogP contribution in [0.4, 0.5) is 13.2 Å². The molecule has 2 fully saturated rings. The van der Waals surface area contributed by atoms with Crippen LogP contribution >= 0.6 is 0 Å². The van der Waals surface area contributed by atoms with Gasteiger partial charge in [-0.3, -0.25) is 4.79 Å². The summed E-state index contributed by atoms with van der Waals surface area (Å²) < 4.78 is 39.1. The summed E-state index contributed by atoms with van der Waals surface area (Å²) in [6, 6.07) is 0. The Kier molecular flexibility index (Phi) is 5.52. The van der Waals surface area contributed by atoms with Crippen LogP contribution in [0.3, 0.4) is 0 Å². The standard InChI is InChI=1S/C15H25F3N2O/c1-10-8-19-7-6-11(10)9-20-14(21)12-4-2-3-5-13(12)15(16,17)18/h10-13,19H,2-9H2,1H3,(H,20,21). The van der Waals surface area contributed by atoms with E-state index in [9.17, 15) is 18.0 Å². The van der Waals surface area contributed by atoms with E-state index >= 15 is 0 Å². The molecule has 0 radical (unpaired) electrons. The SMILES string of the molecule is CC1CNCCC1CNC(=O)C1CCCCC1C(F)(F)F. The molecule has 0 aromatic rings. The molecule has 1 heterocycles. The quantitative estimate of drug-likeness (QED) is 0.842. The minimum absolute atomic E-state index is 0.0886. The lowest BCUT2D eigenvalue weighted by Crippen LogP contribution is -2.46. The smallest absolute Gasteiger partial charge is 0.356 e. The summed E-state index contributed by atoms with van der Waals surface area (Å²) in [5.41, 5.74) is 0. The van der Waals surface area contributed by atoms with Gasteiger partial charge < -0.3 is 10.6 Å². The molecule has 2 aliphatic rings. The van der Waals surface area contributed by atoms with Gasteiger partial charge in [0.2, 0.25) is 5.91 Å². The first-order valence-electron chi connectivity index (χ1n) is 7.94. The van der Waals surface area contributed by atoms with Crippen LogP contribution in [0.1, 0.15) is 39.0 Å². The molecule has 1 saturated carbocycles. The van der Waals surface area contributed by atoms with E-state index in [0.717, 1.165) is 19.5 Å². The Morgan fingerprint density at radius 3 is 2.62 bits per heavy atom. The van der Waals surface area contributed by atoms with Crippen molar-refractivity contribution in [1.29, 1.82) is 0 Å². The average Bonchev–Trinajstić information content (AvgIpc) is 2.45. The van der Waals surface area contributed by atoms with Gasteiger partial charge in [-0.1, -0.05) is 19.8 Å². The molecule has 122 valence electrons. The van der Waals surface area contributed by atoms with Gasteiger partial charge in [0.1, 0.15) is 0 Å². The molecule has 0 spiro atoms. The van der Waals surface area contributed by atoms with Crippen LogP contribution in [0.15, 0.2) is 0 Å². The Balaban J connectivity index is 1.88. The molecule has 0 bridgehead atoms. The molecule has 0 aromatic carbocycles. The third kappa shape index (κ3) is 4.34. The molecule has 4 atom stereocenters. The van der Waals surface area contributed by atoms with Crippen molar-refractivity contribution in [2.75, 3.05) is 19.6 Å². The van der Waals surface area contributed by atoms with E-state index in [4.69, 9.17) is 0 Å². The van der Waals surface area contributed by atoms with Crippen molar-refractivity contribution < 1.29 is 18.0 Å². The number of rotatable bonds is 3. The highest BCUT2D eigenvalue weighted by atomic mass is 19.4. The fourth-order valence-electron chi connectivity index (χ4n) is 3.57. The number of hydrogen-bond acceptors (Lipinski definition) is 2. The summed E-state index contributed by atoms with van der Waals surface area (Å²) in [6.07, 6.45) is -1.56. The number of carbonyl (C=O) groups excluding carboxylic acids is 1. The highest BCUT2D eigenvalue weighted by Gasteiger charge is 2.48. The maximum Gasteiger partial charge on any atom is 0.392 e. The van der Waals surface area contributed by atoms with E-state index in [2.05, 4.69) is 17.6 Å². The summed E-state index contributed by atoms with van der Waals surface area (Å²) in [5.74, 6) is -1.94. The summed E-state index contributed by atoms with van der Waals surface area (Å²) in [5, 5.41) is 6.07. The molecule has 21 heavy (non-hydrogen) atoms. The molecule has 1 amide bonds. The second-order valence-electron chi connectivity index (χ2n) is 6.51. The summed E-state index contributed by atoms with van der Waals surface area (Å²) >= 11 is 0. The van der Waals surface area contributed by atoms with Crippen LogP contribution in [0.5, 0.6) is 0 Å². The lowest BCUT2D eigenvalue weighted by Gasteiger charge is -2.33. The highest BCUT2D eigenvalue weighted by molar-refractivity contribution is 5.79. The fraction of sp³-hybridized carbons (Fsp3) is 0.933. The van der Waals surface area contributed by atoms with Crippen molar-refractivity contribution in [2.45, 2.75) is 45.2 Å². The fourth-order valence-corrected chi connectivity index (χ4v) is 3.57. The van der Waals surface area contributed by atoms with Gasteiger partial charge in [0, 0.05) is 12.5 Å². The van der Waals surface area contributed by atoms with E-state index < -0.39 is 23.9 Å². The minimum Gasteiger partial charge on any atom is -0.356 e. The Morgan fingerprint density at radius 2 is 1.95 bits per heavy atom. The average molecular weight is 306 g/mol. The van der Waals surface area contributed by atoms with Crippen molar-refractivity contribution in [1.82, 2.24) is 10.6 Å². The zero-order valence-corrected chi connectivity index (χ0v) is 12.5. The minimum atomic E-state index is -4.26. The Labute approximate surface area is 124 Å². The zero-order chi connectivity index (χ0) is 15.5. The molecule has 1 aliphatic heterocycles. The number of alkyl halides is 3. The molecule has 3 nitrogen and oxygen atoms in total. The Bertz CT molecular complexity index is 359. The number of halogens is 3. The van der Waals surface area contributed by atoms with Crippen LogP contribution in [0.2, 0.25) is 0 Å². The third-order valence-corrected chi connectivity index (χ3v) is 5.02. The topological polar surface area (TPSA) is 41.1 Å². The molecule has 4 unspecified atom stereocenters. The maximum atomic E-state index is 13.0. The molecule has 6 heteroatoms. The number of hydrogen-bond donors (Lipinski definition) is 2. The predicted molar refractivity (Wildman–Crippen MR) is 74.7 cm³/mol. The summed E-state index contributed by atoms with van der Waals surface area (Å²) in [4.78, 5) is 12.2. The third-order valence-electron chi connectivity index (χ3n) is 5.02. The van der Waals surface area contributed by atoms with Gasteiger partial charge in [0.15, 0.2) is 0 Å². The number of piperidine rings is 1. The van der Waals surface area contributed by atoms with Gasteiger partial charge in [0.05, 0.1) is 5.92 Å². The van der Waals surface area contributed by atoms with E-state index in [1.165, 1.54) is 0 Å². The second-order valence-corrected chi connectivity index (χ2v) is 6.51. The normalized spacial score (nSPS) is 34.5. The first-order valence-corrected chi connectivity index (χ1v) is 7.94. The first-order chi connectivity index (χ1) is 9.89. The van der Waals surface area contributed by atoms with E-state index in [0.29, 0.717) is 37.6 Å². The molecule has 2 N–H and O–H groups in total. The van der Waals surface area contributed by atoms with E-state index in [1.54, 1.807) is 0 Å². The number of nitrogens with one attached hydrogen (secondary N) is 2. The maximum absolute atomic E-state index is 13.0. The van der Waals surface area contributed by atoms with Gasteiger partial charge in [0.25, 0.3) is 0 Å². The van der Waals surface area contributed by atoms with Crippen LogP contribution in [-0.2, 0) is 4.79 Å². The van der Waals surface area contributed by atoms with Gasteiger partial charge >= 0.3 is 6.18 Å². The first kappa shape index (κ1) is 16.6. The van der Waals surface area contributed by atoms with Crippen molar-refractivity contribution in [3.8, 4) is 0 Å². The molecule has 1 aliphatic carbocycles. The summed E-state index contributed by atoms with van der Waals surface area (Å²) in [6.45, 7) is 4.44. The molecule has 0 aromatic heterocycles. The van der Waals surface area contributed by atoms with Crippen molar-refractivity contribution in [3.63, 3.8) is 0 Å².